The SMILES string of the molecule is Cc1cc(-c2ccc(C3CCc4ccc([C@H](C5CC5)[C@H](C)C(=O)O)cc4O3)cc2CN2CCC2)c(F)cn1. The first-order valence-electron chi connectivity index (χ1n) is 13.9. The van der Waals surface area contributed by atoms with Crippen LogP contribution in [0, 0.1) is 24.6 Å². The molecule has 0 bridgehead atoms. The number of aliphatic carboxylic acids is 1. The van der Waals surface area contributed by atoms with E-state index >= 15 is 0 Å². The van der Waals surface area contributed by atoms with Crippen molar-refractivity contribution < 1.29 is 19.0 Å². The molecular formula is C32H35FN2O3. The van der Waals surface area contributed by atoms with Gasteiger partial charge in [0.2, 0.25) is 0 Å². The minimum atomic E-state index is -0.742. The average Bonchev–Trinajstić information content (AvgIpc) is 3.72. The quantitative estimate of drug-likeness (QED) is 0.363. The molecule has 0 amide bonds. The van der Waals surface area contributed by atoms with Crippen molar-refractivity contribution in [3.05, 3.63) is 82.4 Å². The molecule has 2 aliphatic heterocycles. The molecule has 1 N–H and O–H groups in total. The topological polar surface area (TPSA) is 62.7 Å². The Balaban J connectivity index is 1.31. The molecule has 5 nitrogen and oxygen atoms in total. The van der Waals surface area contributed by atoms with Gasteiger partial charge < -0.3 is 9.84 Å². The van der Waals surface area contributed by atoms with E-state index in [1.54, 1.807) is 0 Å². The Labute approximate surface area is 223 Å². The lowest BCUT2D eigenvalue weighted by molar-refractivity contribution is -0.142. The molecule has 1 unspecified atom stereocenters. The number of nitrogens with zero attached hydrogens (tertiary/aromatic N) is 2. The van der Waals surface area contributed by atoms with Crippen LogP contribution in [0.15, 0.2) is 48.7 Å². The summed E-state index contributed by atoms with van der Waals surface area (Å²) in [7, 11) is 0. The predicted molar refractivity (Wildman–Crippen MR) is 145 cm³/mol. The normalized spacial score (nSPS) is 20.7. The van der Waals surface area contributed by atoms with Crippen LogP contribution in [0.3, 0.4) is 0 Å². The Morgan fingerprint density at radius 1 is 1.13 bits per heavy atom. The number of aryl methyl sites for hydroxylation is 2. The van der Waals surface area contributed by atoms with Crippen LogP contribution in [0.1, 0.15) is 72.6 Å². The van der Waals surface area contributed by atoms with E-state index in [0.717, 1.165) is 79.0 Å². The number of ether oxygens (including phenoxy) is 1. The molecule has 3 aromatic rings. The van der Waals surface area contributed by atoms with Gasteiger partial charge in [-0.15, -0.1) is 0 Å². The van der Waals surface area contributed by atoms with Crippen molar-refractivity contribution in [1.29, 1.82) is 0 Å². The van der Waals surface area contributed by atoms with Crippen LogP contribution < -0.4 is 4.74 Å². The number of benzene rings is 2. The van der Waals surface area contributed by atoms with Crippen molar-refractivity contribution in [2.24, 2.45) is 11.8 Å². The Bertz CT molecular complexity index is 1360. The monoisotopic (exact) mass is 514 g/mol. The summed E-state index contributed by atoms with van der Waals surface area (Å²) in [4.78, 5) is 18.3. The summed E-state index contributed by atoms with van der Waals surface area (Å²) < 4.78 is 21.4. The molecule has 3 aliphatic rings. The van der Waals surface area contributed by atoms with Gasteiger partial charge in [0, 0.05) is 17.8 Å². The highest BCUT2D eigenvalue weighted by molar-refractivity contribution is 5.71. The summed E-state index contributed by atoms with van der Waals surface area (Å²) in [5.41, 5.74) is 6.76. The number of hydrogen-bond acceptors (Lipinski definition) is 4. The van der Waals surface area contributed by atoms with Gasteiger partial charge in [0.1, 0.15) is 17.7 Å². The first kappa shape index (κ1) is 25.1. The largest absolute Gasteiger partial charge is 0.485 e. The van der Waals surface area contributed by atoms with Crippen LogP contribution in [0.4, 0.5) is 4.39 Å². The molecule has 1 aliphatic carbocycles. The van der Waals surface area contributed by atoms with E-state index in [1.165, 1.54) is 18.2 Å². The van der Waals surface area contributed by atoms with E-state index in [0.29, 0.717) is 11.5 Å². The zero-order valence-electron chi connectivity index (χ0n) is 22.1. The molecule has 3 heterocycles. The van der Waals surface area contributed by atoms with Crippen molar-refractivity contribution in [2.45, 2.75) is 64.5 Å². The maximum atomic E-state index is 14.8. The van der Waals surface area contributed by atoms with E-state index < -0.39 is 11.9 Å². The maximum absolute atomic E-state index is 14.8. The minimum Gasteiger partial charge on any atom is -0.485 e. The van der Waals surface area contributed by atoms with Crippen LogP contribution in [-0.2, 0) is 17.8 Å². The minimum absolute atomic E-state index is 0.0166. The average molecular weight is 515 g/mol. The van der Waals surface area contributed by atoms with Gasteiger partial charge in [-0.1, -0.05) is 37.3 Å². The van der Waals surface area contributed by atoms with Gasteiger partial charge in [0.25, 0.3) is 0 Å². The molecule has 1 saturated heterocycles. The number of likely N-dealkylation sites (tertiary alicyclic amines) is 1. The van der Waals surface area contributed by atoms with Gasteiger partial charge in [-0.05, 0) is 104 Å². The smallest absolute Gasteiger partial charge is 0.306 e. The lowest BCUT2D eigenvalue weighted by atomic mass is 9.82. The molecule has 0 radical (unpaired) electrons. The number of rotatable bonds is 8. The Hall–Kier alpha value is -3.25. The van der Waals surface area contributed by atoms with Crippen LogP contribution in [0.5, 0.6) is 5.75 Å². The lowest BCUT2D eigenvalue weighted by Crippen LogP contribution is -2.36. The van der Waals surface area contributed by atoms with Crippen molar-refractivity contribution in [3.8, 4) is 16.9 Å². The second kappa shape index (κ2) is 10.1. The molecule has 3 atom stereocenters. The second-order valence-electron chi connectivity index (χ2n) is 11.4. The third-order valence-electron chi connectivity index (χ3n) is 8.61. The first-order valence-corrected chi connectivity index (χ1v) is 13.9. The lowest BCUT2D eigenvalue weighted by Gasteiger charge is -2.32. The molecule has 198 valence electrons. The number of aromatic nitrogens is 1. The van der Waals surface area contributed by atoms with Crippen LogP contribution in [0.2, 0.25) is 0 Å². The Morgan fingerprint density at radius 3 is 2.66 bits per heavy atom. The molecular weight excluding hydrogens is 479 g/mol. The number of pyridine rings is 1. The predicted octanol–water partition coefficient (Wildman–Crippen LogP) is 6.68. The summed E-state index contributed by atoms with van der Waals surface area (Å²) in [6.07, 6.45) is 6.37. The number of halogens is 1. The van der Waals surface area contributed by atoms with Gasteiger partial charge in [0.05, 0.1) is 12.1 Å². The molecule has 38 heavy (non-hydrogen) atoms. The van der Waals surface area contributed by atoms with Gasteiger partial charge in [-0.3, -0.25) is 14.7 Å². The highest BCUT2D eigenvalue weighted by Crippen LogP contribution is 2.48. The molecule has 2 aromatic carbocycles. The van der Waals surface area contributed by atoms with Gasteiger partial charge in [0.15, 0.2) is 0 Å². The van der Waals surface area contributed by atoms with Crippen LogP contribution >= 0.6 is 0 Å². The molecule has 1 aromatic heterocycles. The molecule has 6 rings (SSSR count). The highest BCUT2D eigenvalue weighted by Gasteiger charge is 2.39. The number of hydrogen-bond donors (Lipinski definition) is 1. The summed E-state index contributed by atoms with van der Waals surface area (Å²) in [6, 6.07) is 14.5. The van der Waals surface area contributed by atoms with Crippen molar-refractivity contribution >= 4 is 5.97 Å². The summed E-state index contributed by atoms with van der Waals surface area (Å²) in [6.45, 7) is 6.62. The number of fused-ring (bicyclic) bond motifs is 1. The van der Waals surface area contributed by atoms with E-state index in [9.17, 15) is 14.3 Å². The van der Waals surface area contributed by atoms with Crippen molar-refractivity contribution in [3.63, 3.8) is 0 Å². The maximum Gasteiger partial charge on any atom is 0.306 e. The zero-order valence-corrected chi connectivity index (χ0v) is 22.1. The second-order valence-corrected chi connectivity index (χ2v) is 11.4. The van der Waals surface area contributed by atoms with E-state index in [1.807, 2.05) is 26.0 Å². The van der Waals surface area contributed by atoms with Crippen molar-refractivity contribution in [2.75, 3.05) is 13.1 Å². The van der Waals surface area contributed by atoms with Gasteiger partial charge in [-0.2, -0.15) is 0 Å². The van der Waals surface area contributed by atoms with Crippen LogP contribution in [0.25, 0.3) is 11.1 Å². The number of carboxylic acids is 1. The molecule has 0 spiro atoms. The van der Waals surface area contributed by atoms with E-state index in [4.69, 9.17) is 4.74 Å². The summed E-state index contributed by atoms with van der Waals surface area (Å²) >= 11 is 0. The zero-order chi connectivity index (χ0) is 26.4. The van der Waals surface area contributed by atoms with E-state index in [-0.39, 0.29) is 17.8 Å². The van der Waals surface area contributed by atoms with Gasteiger partial charge >= 0.3 is 5.97 Å². The molecule has 2 fully saturated rings. The first-order chi connectivity index (χ1) is 18.4. The fourth-order valence-electron chi connectivity index (χ4n) is 6.14. The Morgan fingerprint density at radius 2 is 1.95 bits per heavy atom. The Kier molecular flexibility index (Phi) is 6.68. The third kappa shape index (κ3) is 4.94. The molecule has 1 saturated carbocycles. The number of carbonyl (C=O) groups is 1. The van der Waals surface area contributed by atoms with Crippen molar-refractivity contribution in [1.82, 2.24) is 9.88 Å². The van der Waals surface area contributed by atoms with E-state index in [2.05, 4.69) is 40.2 Å². The fraction of sp³-hybridized carbons (Fsp3) is 0.438. The third-order valence-corrected chi connectivity index (χ3v) is 8.61. The van der Waals surface area contributed by atoms with Gasteiger partial charge in [-0.25, -0.2) is 4.39 Å². The van der Waals surface area contributed by atoms with Crippen LogP contribution in [-0.4, -0.2) is 34.0 Å². The number of carboxylic acid groups (broad SMARTS) is 1. The molecule has 6 heteroatoms. The highest BCUT2D eigenvalue weighted by atomic mass is 19.1. The summed E-state index contributed by atoms with van der Waals surface area (Å²) in [5, 5.41) is 9.71. The fourth-order valence-corrected chi connectivity index (χ4v) is 6.14. The summed E-state index contributed by atoms with van der Waals surface area (Å²) in [5.74, 6) is -0.145. The standard InChI is InChI=1S/C32H35FN2O3/c1-19-14-27(28(33)17-34-19)26-10-8-23(15-25(26)18-35-12-3-13-35)29-11-9-21-4-7-24(16-30(21)38-29)31(22-5-6-22)20(2)32(36)37/h4,7-8,10,14-17,20,22,29,31H,3,5-6,9,11-13,18H2,1-2H3,(H,36,37)/t20-,29?,31-/m0/s1.